The Bertz CT molecular complexity index is 638. The Morgan fingerprint density at radius 3 is 2.55 bits per heavy atom. The highest BCUT2D eigenvalue weighted by molar-refractivity contribution is 5.50. The van der Waals surface area contributed by atoms with E-state index in [1.54, 1.807) is 20.1 Å². The highest BCUT2D eigenvalue weighted by Gasteiger charge is 2.30. The minimum absolute atomic E-state index is 0.388. The number of halogens is 1. The monoisotopic (exact) mass is 275 g/mol. The first-order valence-corrected chi connectivity index (χ1v) is 6.36. The molecule has 0 aliphatic heterocycles. The summed E-state index contributed by atoms with van der Waals surface area (Å²) in [7, 11) is 1.56. The van der Waals surface area contributed by atoms with Gasteiger partial charge in [0.15, 0.2) is 0 Å². The fraction of sp³-hybridized carbons (Fsp3) is 0.312. The van der Waals surface area contributed by atoms with Crippen LogP contribution in [0.15, 0.2) is 30.6 Å². The van der Waals surface area contributed by atoms with Crippen LogP contribution in [0.2, 0.25) is 0 Å². The average Bonchev–Trinajstić information content (AvgIpc) is 2.41. The summed E-state index contributed by atoms with van der Waals surface area (Å²) in [5.41, 5.74) is 1.63. The zero-order chi connectivity index (χ0) is 14.9. The van der Waals surface area contributed by atoms with Crippen molar-refractivity contribution in [3.8, 4) is 5.75 Å². The molecule has 20 heavy (non-hydrogen) atoms. The Morgan fingerprint density at radius 2 is 1.95 bits per heavy atom. The van der Waals surface area contributed by atoms with E-state index in [0.29, 0.717) is 16.9 Å². The molecule has 106 valence electrons. The van der Waals surface area contributed by atoms with Crippen molar-refractivity contribution in [3.05, 3.63) is 58.7 Å². The summed E-state index contributed by atoms with van der Waals surface area (Å²) in [6.07, 6.45) is 2.56. The second kappa shape index (κ2) is 5.21. The Labute approximate surface area is 118 Å². The second-order valence-corrected chi connectivity index (χ2v) is 5.05. The Balaban J connectivity index is 2.63. The smallest absolute Gasteiger partial charge is 0.141 e. The highest BCUT2D eigenvalue weighted by Crippen LogP contribution is 2.38. The van der Waals surface area contributed by atoms with Gasteiger partial charge in [-0.2, -0.15) is 0 Å². The van der Waals surface area contributed by atoms with Crippen LogP contribution in [0.3, 0.4) is 0 Å². The van der Waals surface area contributed by atoms with Gasteiger partial charge in [-0.1, -0.05) is 12.1 Å². The van der Waals surface area contributed by atoms with Crippen molar-refractivity contribution in [2.45, 2.75) is 26.4 Å². The minimum atomic E-state index is -1.38. The standard InChI is InChI=1S/C16H18FNO2/c1-10-5-6-14(15(20-4)11(10)2)16(3,19)12-7-13(17)9-18-8-12/h5-9,19H,1-4H3. The molecule has 1 atom stereocenters. The maximum atomic E-state index is 13.3. The Kier molecular flexibility index (Phi) is 3.77. The molecule has 0 aliphatic carbocycles. The summed E-state index contributed by atoms with van der Waals surface area (Å²) in [6, 6.07) is 4.99. The number of hydrogen-bond donors (Lipinski definition) is 1. The summed E-state index contributed by atoms with van der Waals surface area (Å²) >= 11 is 0. The predicted molar refractivity (Wildman–Crippen MR) is 75.3 cm³/mol. The van der Waals surface area contributed by atoms with Gasteiger partial charge in [0.1, 0.15) is 17.2 Å². The number of hydrogen-bond acceptors (Lipinski definition) is 3. The number of benzene rings is 1. The van der Waals surface area contributed by atoms with Crippen molar-refractivity contribution < 1.29 is 14.2 Å². The van der Waals surface area contributed by atoms with Gasteiger partial charge in [-0.25, -0.2) is 4.39 Å². The lowest BCUT2D eigenvalue weighted by molar-refractivity contribution is 0.0980. The zero-order valence-corrected chi connectivity index (χ0v) is 12.1. The van der Waals surface area contributed by atoms with Crippen molar-refractivity contribution in [1.82, 2.24) is 4.98 Å². The molecule has 2 aromatic rings. The van der Waals surface area contributed by atoms with Gasteiger partial charge < -0.3 is 9.84 Å². The quantitative estimate of drug-likeness (QED) is 0.936. The molecule has 1 aromatic heterocycles. The van der Waals surface area contributed by atoms with Gasteiger partial charge >= 0.3 is 0 Å². The molecule has 4 heteroatoms. The fourth-order valence-corrected chi connectivity index (χ4v) is 2.27. The van der Waals surface area contributed by atoms with Gasteiger partial charge in [0.25, 0.3) is 0 Å². The Hall–Kier alpha value is -1.94. The van der Waals surface area contributed by atoms with E-state index in [0.717, 1.165) is 17.3 Å². The predicted octanol–water partition coefficient (Wildman–Crippen LogP) is 3.10. The van der Waals surface area contributed by atoms with Crippen molar-refractivity contribution in [1.29, 1.82) is 0 Å². The van der Waals surface area contributed by atoms with Gasteiger partial charge in [-0.15, -0.1) is 0 Å². The number of rotatable bonds is 3. The maximum Gasteiger partial charge on any atom is 0.141 e. The highest BCUT2D eigenvalue weighted by atomic mass is 19.1. The molecule has 1 N–H and O–H groups in total. The van der Waals surface area contributed by atoms with E-state index in [-0.39, 0.29) is 0 Å². The van der Waals surface area contributed by atoms with Crippen LogP contribution in [0.5, 0.6) is 5.75 Å². The van der Waals surface area contributed by atoms with Crippen LogP contribution >= 0.6 is 0 Å². The van der Waals surface area contributed by atoms with E-state index in [2.05, 4.69) is 4.98 Å². The first kappa shape index (κ1) is 14.5. The normalized spacial score (nSPS) is 13.9. The molecule has 0 spiro atoms. The number of ether oxygens (including phenoxy) is 1. The molecule has 0 amide bonds. The van der Waals surface area contributed by atoms with Crippen LogP contribution in [0.4, 0.5) is 4.39 Å². The Morgan fingerprint density at radius 1 is 1.25 bits per heavy atom. The average molecular weight is 275 g/mol. The molecule has 0 radical (unpaired) electrons. The summed E-state index contributed by atoms with van der Waals surface area (Å²) in [5.74, 6) is 0.129. The van der Waals surface area contributed by atoms with E-state index < -0.39 is 11.4 Å². The molecule has 1 heterocycles. The van der Waals surface area contributed by atoms with E-state index in [1.807, 2.05) is 19.9 Å². The van der Waals surface area contributed by atoms with E-state index >= 15 is 0 Å². The molecule has 0 aliphatic rings. The summed E-state index contributed by atoms with van der Waals surface area (Å²) in [6.45, 7) is 5.51. The molecular formula is C16H18FNO2. The van der Waals surface area contributed by atoms with Crippen LogP contribution in [0.25, 0.3) is 0 Å². The molecule has 0 saturated carbocycles. The lowest BCUT2D eigenvalue weighted by Crippen LogP contribution is -2.24. The van der Waals surface area contributed by atoms with E-state index in [1.165, 1.54) is 12.3 Å². The third kappa shape index (κ3) is 2.39. The zero-order valence-electron chi connectivity index (χ0n) is 12.1. The summed E-state index contributed by atoms with van der Waals surface area (Å²) in [4.78, 5) is 3.80. The molecule has 0 saturated heterocycles. The third-order valence-corrected chi connectivity index (χ3v) is 3.67. The van der Waals surface area contributed by atoms with Crippen LogP contribution in [-0.2, 0) is 5.60 Å². The number of nitrogens with zero attached hydrogens (tertiary/aromatic N) is 1. The van der Waals surface area contributed by atoms with Crippen LogP contribution in [-0.4, -0.2) is 17.2 Å². The maximum absolute atomic E-state index is 13.3. The van der Waals surface area contributed by atoms with E-state index in [9.17, 15) is 9.50 Å². The largest absolute Gasteiger partial charge is 0.496 e. The van der Waals surface area contributed by atoms with Crippen molar-refractivity contribution >= 4 is 0 Å². The lowest BCUT2D eigenvalue weighted by atomic mass is 9.86. The molecule has 0 bridgehead atoms. The molecule has 1 unspecified atom stereocenters. The number of aromatic nitrogens is 1. The summed E-state index contributed by atoms with van der Waals surface area (Å²) in [5, 5.41) is 10.8. The first-order chi connectivity index (χ1) is 9.37. The minimum Gasteiger partial charge on any atom is -0.496 e. The van der Waals surface area contributed by atoms with Crippen molar-refractivity contribution in [2.24, 2.45) is 0 Å². The topological polar surface area (TPSA) is 42.4 Å². The van der Waals surface area contributed by atoms with Gasteiger partial charge in [0.2, 0.25) is 0 Å². The van der Waals surface area contributed by atoms with Crippen molar-refractivity contribution in [2.75, 3.05) is 7.11 Å². The number of aliphatic hydroxyl groups is 1. The van der Waals surface area contributed by atoms with E-state index in [4.69, 9.17) is 4.74 Å². The van der Waals surface area contributed by atoms with Crippen LogP contribution in [0.1, 0.15) is 29.2 Å². The molecular weight excluding hydrogens is 257 g/mol. The van der Waals surface area contributed by atoms with Crippen molar-refractivity contribution in [3.63, 3.8) is 0 Å². The molecule has 3 nitrogen and oxygen atoms in total. The van der Waals surface area contributed by atoms with Gasteiger partial charge in [0.05, 0.1) is 13.3 Å². The fourth-order valence-electron chi connectivity index (χ4n) is 2.27. The molecule has 0 fully saturated rings. The molecule has 2 rings (SSSR count). The lowest BCUT2D eigenvalue weighted by Gasteiger charge is -2.27. The number of pyridine rings is 1. The molecule has 1 aromatic carbocycles. The van der Waals surface area contributed by atoms with Crippen LogP contribution in [0, 0.1) is 19.7 Å². The second-order valence-electron chi connectivity index (χ2n) is 5.05. The van der Waals surface area contributed by atoms with Gasteiger partial charge in [0, 0.05) is 17.3 Å². The van der Waals surface area contributed by atoms with Gasteiger partial charge in [-0.3, -0.25) is 4.98 Å². The number of aryl methyl sites for hydroxylation is 1. The third-order valence-electron chi connectivity index (χ3n) is 3.67. The summed E-state index contributed by atoms with van der Waals surface area (Å²) < 4.78 is 18.8. The first-order valence-electron chi connectivity index (χ1n) is 6.36. The SMILES string of the molecule is COc1c(C(C)(O)c2cncc(F)c2)ccc(C)c1C. The van der Waals surface area contributed by atoms with Gasteiger partial charge in [-0.05, 0) is 38.0 Å². The van der Waals surface area contributed by atoms with Crippen LogP contribution < -0.4 is 4.74 Å². The number of methoxy groups -OCH3 is 1.